The minimum atomic E-state index is -1.12. The van der Waals surface area contributed by atoms with Crippen LogP contribution in [-0.4, -0.2) is 55.1 Å². The second-order valence-corrected chi connectivity index (χ2v) is 4.41. The molecule has 0 aliphatic carbocycles. The predicted molar refractivity (Wildman–Crippen MR) is 74.8 cm³/mol. The fourth-order valence-corrected chi connectivity index (χ4v) is 1.60. The van der Waals surface area contributed by atoms with Crippen LogP contribution >= 0.6 is 0 Å². The van der Waals surface area contributed by atoms with E-state index >= 15 is 0 Å². The zero-order chi connectivity index (χ0) is 15.8. The number of carboxylic acids is 1. The summed E-state index contributed by atoms with van der Waals surface area (Å²) < 4.78 is 4.74. The Labute approximate surface area is 122 Å². The Morgan fingerprint density at radius 3 is 2.33 bits per heavy atom. The first kappa shape index (κ1) is 16.6. The van der Waals surface area contributed by atoms with E-state index in [1.54, 1.807) is 38.4 Å². The van der Waals surface area contributed by atoms with Crippen molar-refractivity contribution in [1.82, 2.24) is 10.2 Å². The van der Waals surface area contributed by atoms with Crippen molar-refractivity contribution in [2.24, 2.45) is 0 Å². The molecule has 2 N–H and O–H groups in total. The zero-order valence-corrected chi connectivity index (χ0v) is 12.0. The van der Waals surface area contributed by atoms with Crippen molar-refractivity contribution in [1.29, 1.82) is 0 Å². The molecule has 0 fully saturated rings. The van der Waals surface area contributed by atoms with E-state index in [2.05, 4.69) is 5.32 Å². The third kappa shape index (κ3) is 5.62. The van der Waals surface area contributed by atoms with E-state index in [9.17, 15) is 14.4 Å². The molecule has 0 heterocycles. The van der Waals surface area contributed by atoms with Crippen molar-refractivity contribution in [3.8, 4) is 0 Å². The zero-order valence-electron chi connectivity index (χ0n) is 12.0. The number of carbonyl (C=O) groups excluding carboxylic acids is 2. The molecule has 1 aromatic carbocycles. The number of likely N-dealkylation sites (N-methyl/N-ethyl adjacent to an activating group) is 1. The lowest BCUT2D eigenvalue weighted by molar-refractivity contribution is -0.145. The highest BCUT2D eigenvalue weighted by atomic mass is 16.5. The fraction of sp³-hybridized carbons (Fsp3) is 0.357. The van der Waals surface area contributed by atoms with E-state index in [0.717, 1.165) is 5.56 Å². The smallest absolute Gasteiger partial charge is 0.329 e. The number of nitrogens with zero attached hydrogens (tertiary/aromatic N) is 1. The number of rotatable bonds is 7. The van der Waals surface area contributed by atoms with Gasteiger partial charge in [0.15, 0.2) is 0 Å². The summed E-state index contributed by atoms with van der Waals surface area (Å²) in [7, 11) is 3.15. The SMILES string of the molecule is CNC(=O)c1ccc(CN(C)C(=O)COCC(=O)O)cc1. The Morgan fingerprint density at radius 2 is 1.81 bits per heavy atom. The van der Waals surface area contributed by atoms with Gasteiger partial charge in [0.1, 0.15) is 13.2 Å². The molecule has 0 aromatic heterocycles. The van der Waals surface area contributed by atoms with Gasteiger partial charge in [-0.3, -0.25) is 9.59 Å². The monoisotopic (exact) mass is 294 g/mol. The summed E-state index contributed by atoms with van der Waals surface area (Å²) in [5, 5.41) is 10.9. The maximum atomic E-state index is 11.7. The summed E-state index contributed by atoms with van der Waals surface area (Å²) in [4.78, 5) is 34.8. The Kier molecular flexibility index (Phi) is 6.35. The van der Waals surface area contributed by atoms with Gasteiger partial charge in [-0.05, 0) is 17.7 Å². The quantitative estimate of drug-likeness (QED) is 0.744. The summed E-state index contributed by atoms with van der Waals surface area (Å²) in [6.45, 7) is -0.428. The second kappa shape index (κ2) is 8.01. The van der Waals surface area contributed by atoms with Crippen LogP contribution in [0.15, 0.2) is 24.3 Å². The Bertz CT molecular complexity index is 513. The summed E-state index contributed by atoms with van der Waals surface area (Å²) in [5.74, 6) is -1.60. The van der Waals surface area contributed by atoms with Gasteiger partial charge in [0, 0.05) is 26.2 Å². The molecule has 0 radical (unpaired) electrons. The number of aliphatic carboxylic acids is 1. The molecule has 7 nitrogen and oxygen atoms in total. The highest BCUT2D eigenvalue weighted by Gasteiger charge is 2.11. The van der Waals surface area contributed by atoms with Gasteiger partial charge < -0.3 is 20.1 Å². The van der Waals surface area contributed by atoms with Gasteiger partial charge in [-0.1, -0.05) is 12.1 Å². The van der Waals surface area contributed by atoms with Gasteiger partial charge >= 0.3 is 5.97 Å². The summed E-state index contributed by atoms with van der Waals surface area (Å²) >= 11 is 0. The molecule has 0 spiro atoms. The van der Waals surface area contributed by atoms with E-state index in [0.29, 0.717) is 12.1 Å². The first-order chi connectivity index (χ1) is 9.93. The lowest BCUT2D eigenvalue weighted by Gasteiger charge is -2.17. The minimum absolute atomic E-state index is 0.173. The van der Waals surface area contributed by atoms with Crippen LogP contribution in [0.25, 0.3) is 0 Å². The highest BCUT2D eigenvalue weighted by molar-refractivity contribution is 5.93. The number of carbonyl (C=O) groups is 3. The first-order valence-electron chi connectivity index (χ1n) is 6.28. The minimum Gasteiger partial charge on any atom is -0.480 e. The molecule has 7 heteroatoms. The maximum absolute atomic E-state index is 11.7. The molecule has 0 aliphatic rings. The summed E-state index contributed by atoms with van der Waals surface area (Å²) in [5.41, 5.74) is 1.40. The van der Waals surface area contributed by atoms with Crippen LogP contribution in [-0.2, 0) is 20.9 Å². The van der Waals surface area contributed by atoms with E-state index in [-0.39, 0.29) is 18.4 Å². The van der Waals surface area contributed by atoms with Crippen molar-refractivity contribution in [3.05, 3.63) is 35.4 Å². The van der Waals surface area contributed by atoms with Gasteiger partial charge in [0.2, 0.25) is 5.91 Å². The molecule has 1 rings (SSSR count). The third-order valence-electron chi connectivity index (χ3n) is 2.74. The highest BCUT2D eigenvalue weighted by Crippen LogP contribution is 2.07. The molecule has 0 saturated carbocycles. The molecular formula is C14H18N2O5. The largest absolute Gasteiger partial charge is 0.480 e. The predicted octanol–water partition coefficient (Wildman–Crippen LogP) is 0.106. The molecule has 0 aliphatic heterocycles. The Morgan fingerprint density at radius 1 is 1.19 bits per heavy atom. The molecule has 0 unspecified atom stereocenters. The lowest BCUT2D eigenvalue weighted by Crippen LogP contribution is -2.30. The molecule has 2 amide bonds. The van der Waals surface area contributed by atoms with Crippen LogP contribution in [0.4, 0.5) is 0 Å². The summed E-state index contributed by atoms with van der Waals surface area (Å²) in [6.07, 6.45) is 0. The molecule has 114 valence electrons. The fourth-order valence-electron chi connectivity index (χ4n) is 1.60. The lowest BCUT2D eigenvalue weighted by atomic mass is 10.1. The number of hydrogen-bond donors (Lipinski definition) is 2. The van der Waals surface area contributed by atoms with Gasteiger partial charge in [0.25, 0.3) is 5.91 Å². The van der Waals surface area contributed by atoms with Gasteiger partial charge in [0.05, 0.1) is 0 Å². The van der Waals surface area contributed by atoms with E-state index in [1.165, 1.54) is 4.90 Å². The average molecular weight is 294 g/mol. The Balaban J connectivity index is 2.50. The Hall–Kier alpha value is -2.41. The molecule has 0 atom stereocenters. The van der Waals surface area contributed by atoms with Gasteiger partial charge in [-0.2, -0.15) is 0 Å². The van der Waals surface area contributed by atoms with Crippen molar-refractivity contribution < 1.29 is 24.2 Å². The van der Waals surface area contributed by atoms with Crippen LogP contribution in [0.1, 0.15) is 15.9 Å². The second-order valence-electron chi connectivity index (χ2n) is 4.41. The number of carboxylic acid groups (broad SMARTS) is 1. The van der Waals surface area contributed by atoms with Gasteiger partial charge in [-0.25, -0.2) is 4.79 Å². The molecule has 21 heavy (non-hydrogen) atoms. The van der Waals surface area contributed by atoms with Crippen molar-refractivity contribution in [3.63, 3.8) is 0 Å². The van der Waals surface area contributed by atoms with Crippen LogP contribution in [0, 0.1) is 0 Å². The van der Waals surface area contributed by atoms with Crippen LogP contribution in [0.5, 0.6) is 0 Å². The van der Waals surface area contributed by atoms with E-state index in [4.69, 9.17) is 9.84 Å². The molecular weight excluding hydrogens is 276 g/mol. The third-order valence-corrected chi connectivity index (χ3v) is 2.74. The normalized spacial score (nSPS) is 10.0. The van der Waals surface area contributed by atoms with Crippen LogP contribution in [0.3, 0.4) is 0 Å². The topological polar surface area (TPSA) is 95.9 Å². The number of nitrogens with one attached hydrogen (secondary N) is 1. The molecule has 1 aromatic rings. The number of amides is 2. The van der Waals surface area contributed by atoms with Crippen molar-refractivity contribution in [2.75, 3.05) is 27.3 Å². The molecule has 0 bridgehead atoms. The molecule has 0 saturated heterocycles. The maximum Gasteiger partial charge on any atom is 0.329 e. The van der Waals surface area contributed by atoms with E-state index < -0.39 is 12.6 Å². The average Bonchev–Trinajstić information content (AvgIpc) is 2.46. The standard InChI is InChI=1S/C14H18N2O5/c1-15-14(20)11-5-3-10(4-6-11)7-16(2)12(17)8-21-9-13(18)19/h3-6H,7-9H2,1-2H3,(H,15,20)(H,18,19). The number of benzene rings is 1. The summed E-state index contributed by atoms with van der Waals surface area (Å²) in [6, 6.07) is 6.86. The van der Waals surface area contributed by atoms with Crippen LogP contribution < -0.4 is 5.32 Å². The van der Waals surface area contributed by atoms with Gasteiger partial charge in [-0.15, -0.1) is 0 Å². The van der Waals surface area contributed by atoms with Crippen molar-refractivity contribution in [2.45, 2.75) is 6.54 Å². The first-order valence-corrected chi connectivity index (χ1v) is 6.28. The number of hydrogen-bond acceptors (Lipinski definition) is 4. The van der Waals surface area contributed by atoms with E-state index in [1.807, 2.05) is 0 Å². The number of ether oxygens (including phenoxy) is 1. The van der Waals surface area contributed by atoms with Crippen LogP contribution in [0.2, 0.25) is 0 Å². The van der Waals surface area contributed by atoms with Crippen molar-refractivity contribution >= 4 is 17.8 Å².